The lowest BCUT2D eigenvalue weighted by atomic mass is 10.1. The van der Waals surface area contributed by atoms with Crippen molar-refractivity contribution in [3.05, 3.63) is 12.2 Å². The third kappa shape index (κ3) is 4.13. The van der Waals surface area contributed by atoms with Crippen LogP contribution in [0.1, 0.15) is 26.7 Å². The molecule has 0 aromatic carbocycles. The second-order valence-corrected chi connectivity index (χ2v) is 2.59. The third-order valence-corrected chi connectivity index (χ3v) is 1.52. The maximum absolute atomic E-state index is 11.0. The Morgan fingerprint density at radius 3 is 2.58 bits per heavy atom. The van der Waals surface area contributed by atoms with E-state index in [1.165, 1.54) is 0 Å². The summed E-state index contributed by atoms with van der Waals surface area (Å²) in [5.74, 6) is -0.412. The van der Waals surface area contributed by atoms with Crippen LogP contribution < -0.4 is 0 Å². The number of hydrogen-bond acceptors (Lipinski definition) is 3. The van der Waals surface area contributed by atoms with Gasteiger partial charge in [0, 0.05) is 12.0 Å². The van der Waals surface area contributed by atoms with Crippen LogP contribution in [-0.2, 0) is 9.53 Å². The number of carbonyl (C=O) groups is 1. The summed E-state index contributed by atoms with van der Waals surface area (Å²) in [6, 6.07) is 0. The first-order valence-corrected chi connectivity index (χ1v) is 4.14. The van der Waals surface area contributed by atoms with Crippen molar-refractivity contribution < 1.29 is 14.6 Å². The predicted molar refractivity (Wildman–Crippen MR) is 46.7 cm³/mol. The third-order valence-electron chi connectivity index (χ3n) is 1.52. The molecule has 0 saturated heterocycles. The maximum atomic E-state index is 11.0. The van der Waals surface area contributed by atoms with Gasteiger partial charge in [0.2, 0.25) is 0 Å². The molecule has 0 unspecified atom stereocenters. The molecule has 12 heavy (non-hydrogen) atoms. The van der Waals surface area contributed by atoms with Crippen LogP contribution in [0, 0.1) is 0 Å². The van der Waals surface area contributed by atoms with Gasteiger partial charge in [-0.15, -0.1) is 0 Å². The monoisotopic (exact) mass is 172 g/mol. The number of esters is 1. The summed E-state index contributed by atoms with van der Waals surface area (Å²) in [4.78, 5) is 11.0. The average Bonchev–Trinajstić information content (AvgIpc) is 2.04. The SMILES string of the molecule is C=C(C[C@@H](O)CC)C(=O)OCC. The van der Waals surface area contributed by atoms with E-state index in [9.17, 15) is 9.90 Å². The summed E-state index contributed by atoms with van der Waals surface area (Å²) >= 11 is 0. The van der Waals surface area contributed by atoms with Crippen LogP contribution in [0.4, 0.5) is 0 Å². The molecule has 1 N–H and O–H groups in total. The molecule has 0 aromatic rings. The van der Waals surface area contributed by atoms with Gasteiger partial charge in [-0.05, 0) is 13.3 Å². The number of carbonyl (C=O) groups excluding carboxylic acids is 1. The minimum absolute atomic E-state index is 0.301. The zero-order valence-corrected chi connectivity index (χ0v) is 7.67. The molecule has 0 saturated carbocycles. The Balaban J connectivity index is 3.79. The molecule has 0 radical (unpaired) electrons. The number of aliphatic hydroxyl groups excluding tert-OH is 1. The summed E-state index contributed by atoms with van der Waals surface area (Å²) in [7, 11) is 0. The first-order valence-electron chi connectivity index (χ1n) is 4.14. The lowest BCUT2D eigenvalue weighted by molar-refractivity contribution is -0.138. The van der Waals surface area contributed by atoms with Crippen molar-refractivity contribution >= 4 is 5.97 Å². The Hall–Kier alpha value is -0.830. The highest BCUT2D eigenvalue weighted by Crippen LogP contribution is 2.07. The quantitative estimate of drug-likeness (QED) is 0.501. The first-order chi connectivity index (χ1) is 5.61. The molecule has 0 rings (SSSR count). The van der Waals surface area contributed by atoms with Crippen molar-refractivity contribution in [1.82, 2.24) is 0 Å². The molecule has 0 aliphatic carbocycles. The van der Waals surface area contributed by atoms with Crippen molar-refractivity contribution in [2.45, 2.75) is 32.8 Å². The van der Waals surface area contributed by atoms with E-state index in [-0.39, 0.29) is 0 Å². The van der Waals surface area contributed by atoms with E-state index >= 15 is 0 Å². The molecule has 70 valence electrons. The molecule has 0 amide bonds. The van der Waals surface area contributed by atoms with Gasteiger partial charge in [0.25, 0.3) is 0 Å². The topological polar surface area (TPSA) is 46.5 Å². The molecule has 1 atom stereocenters. The van der Waals surface area contributed by atoms with Gasteiger partial charge in [-0.3, -0.25) is 0 Å². The standard InChI is InChI=1S/C9H16O3/c1-4-8(10)6-7(3)9(11)12-5-2/h8,10H,3-6H2,1-2H3/t8-/m0/s1. The van der Waals surface area contributed by atoms with Crippen molar-refractivity contribution in [2.24, 2.45) is 0 Å². The molecule has 0 heterocycles. The van der Waals surface area contributed by atoms with E-state index in [1.807, 2.05) is 6.92 Å². The molecule has 0 aromatic heterocycles. The Morgan fingerprint density at radius 1 is 1.58 bits per heavy atom. The average molecular weight is 172 g/mol. The normalized spacial score (nSPS) is 12.2. The van der Waals surface area contributed by atoms with Gasteiger partial charge < -0.3 is 9.84 Å². The van der Waals surface area contributed by atoms with Crippen LogP contribution >= 0.6 is 0 Å². The molecule has 0 aliphatic rings. The van der Waals surface area contributed by atoms with E-state index in [0.29, 0.717) is 25.0 Å². The fourth-order valence-electron chi connectivity index (χ4n) is 0.745. The maximum Gasteiger partial charge on any atom is 0.333 e. The van der Waals surface area contributed by atoms with Gasteiger partial charge in [-0.25, -0.2) is 4.79 Å². The lowest BCUT2D eigenvalue weighted by Gasteiger charge is -2.08. The highest BCUT2D eigenvalue weighted by atomic mass is 16.5. The molecule has 0 bridgehead atoms. The Labute approximate surface area is 73.0 Å². The summed E-state index contributed by atoms with van der Waals surface area (Å²) in [6.07, 6.45) is 0.440. The molecule has 0 spiro atoms. The number of ether oxygens (including phenoxy) is 1. The van der Waals surface area contributed by atoms with Crippen molar-refractivity contribution in [2.75, 3.05) is 6.61 Å². The minimum Gasteiger partial charge on any atom is -0.463 e. The van der Waals surface area contributed by atoms with Crippen LogP contribution in [0.2, 0.25) is 0 Å². The van der Waals surface area contributed by atoms with Crippen molar-refractivity contribution in [3.8, 4) is 0 Å². The fourth-order valence-corrected chi connectivity index (χ4v) is 0.745. The second kappa shape index (κ2) is 5.77. The van der Waals surface area contributed by atoms with Crippen molar-refractivity contribution in [3.63, 3.8) is 0 Å². The van der Waals surface area contributed by atoms with E-state index < -0.39 is 12.1 Å². The fraction of sp³-hybridized carbons (Fsp3) is 0.667. The Kier molecular flexibility index (Phi) is 5.37. The summed E-state index contributed by atoms with van der Waals surface area (Å²) < 4.78 is 4.70. The Morgan fingerprint density at radius 2 is 2.17 bits per heavy atom. The van der Waals surface area contributed by atoms with Gasteiger partial charge in [0.1, 0.15) is 0 Å². The molecule has 0 aliphatic heterocycles. The molecular formula is C9H16O3. The van der Waals surface area contributed by atoms with E-state index in [1.54, 1.807) is 6.92 Å². The predicted octanol–water partition coefficient (Wildman–Crippen LogP) is 1.27. The number of aliphatic hydroxyl groups is 1. The van der Waals surface area contributed by atoms with Crippen LogP contribution in [0.3, 0.4) is 0 Å². The van der Waals surface area contributed by atoms with Crippen LogP contribution in [0.5, 0.6) is 0 Å². The van der Waals surface area contributed by atoms with Crippen molar-refractivity contribution in [1.29, 1.82) is 0 Å². The van der Waals surface area contributed by atoms with Gasteiger partial charge in [-0.1, -0.05) is 13.5 Å². The first kappa shape index (κ1) is 11.2. The highest BCUT2D eigenvalue weighted by Gasteiger charge is 2.11. The molecule has 3 heteroatoms. The Bertz CT molecular complexity index is 163. The van der Waals surface area contributed by atoms with Gasteiger partial charge >= 0.3 is 5.97 Å². The number of rotatable bonds is 5. The minimum atomic E-state index is -0.484. The molecular weight excluding hydrogens is 156 g/mol. The van der Waals surface area contributed by atoms with Crippen LogP contribution in [0.25, 0.3) is 0 Å². The van der Waals surface area contributed by atoms with E-state index in [4.69, 9.17) is 4.74 Å². The van der Waals surface area contributed by atoms with E-state index in [0.717, 1.165) is 0 Å². The summed E-state index contributed by atoms with van der Waals surface area (Å²) in [5, 5.41) is 9.18. The molecule has 3 nitrogen and oxygen atoms in total. The number of hydrogen-bond donors (Lipinski definition) is 1. The largest absolute Gasteiger partial charge is 0.463 e. The summed E-state index contributed by atoms with van der Waals surface area (Å²) in [6.45, 7) is 7.46. The molecule has 0 fully saturated rings. The van der Waals surface area contributed by atoms with E-state index in [2.05, 4.69) is 6.58 Å². The smallest absolute Gasteiger partial charge is 0.333 e. The van der Waals surface area contributed by atoms with Crippen LogP contribution in [-0.4, -0.2) is 23.8 Å². The lowest BCUT2D eigenvalue weighted by Crippen LogP contribution is -2.13. The van der Waals surface area contributed by atoms with Gasteiger partial charge in [0.15, 0.2) is 0 Å². The van der Waals surface area contributed by atoms with Gasteiger partial charge in [0.05, 0.1) is 12.7 Å². The zero-order valence-electron chi connectivity index (χ0n) is 7.67. The summed E-state index contributed by atoms with van der Waals surface area (Å²) in [5.41, 5.74) is 0.339. The zero-order chi connectivity index (χ0) is 9.56. The van der Waals surface area contributed by atoms with Crippen LogP contribution in [0.15, 0.2) is 12.2 Å². The second-order valence-electron chi connectivity index (χ2n) is 2.59. The van der Waals surface area contributed by atoms with Gasteiger partial charge in [-0.2, -0.15) is 0 Å². The highest BCUT2D eigenvalue weighted by molar-refractivity contribution is 5.87.